The average molecular weight is 490 g/mol. The zero-order valence-corrected chi connectivity index (χ0v) is 20.9. The maximum absolute atomic E-state index is 14.4. The molecule has 2 aromatic carbocycles. The highest BCUT2D eigenvalue weighted by atomic mass is 16.1. The van der Waals surface area contributed by atoms with E-state index in [1.807, 2.05) is 36.4 Å². The molecule has 0 aliphatic heterocycles. The van der Waals surface area contributed by atoms with Crippen LogP contribution in [-0.4, -0.2) is 20.7 Å². The minimum Gasteiger partial charge on any atom is -0.277 e. The minimum atomic E-state index is -0.140. The number of nitrogens with zero attached hydrogens (tertiary/aromatic N) is 4. The van der Waals surface area contributed by atoms with Crippen LogP contribution in [0.15, 0.2) is 89.0 Å². The van der Waals surface area contributed by atoms with Gasteiger partial charge >= 0.3 is 0 Å². The van der Waals surface area contributed by atoms with Gasteiger partial charge < -0.3 is 0 Å². The number of aromatic nitrogens is 3. The van der Waals surface area contributed by atoms with Crippen LogP contribution in [0.2, 0.25) is 0 Å². The Labute approximate surface area is 217 Å². The van der Waals surface area contributed by atoms with Gasteiger partial charge in [-0.15, -0.1) is 0 Å². The fourth-order valence-electron chi connectivity index (χ4n) is 6.03. The van der Waals surface area contributed by atoms with Gasteiger partial charge in [0.1, 0.15) is 0 Å². The number of aryl methyl sites for hydroxylation is 1. The summed E-state index contributed by atoms with van der Waals surface area (Å²) in [5.74, 6) is 0.479. The Bertz CT molecular complexity index is 1470. The molecular weight excluding hydrogens is 458 g/mol. The predicted octanol–water partition coefficient (Wildman–Crippen LogP) is 5.75. The molecule has 0 amide bonds. The Morgan fingerprint density at radius 1 is 0.946 bits per heavy atom. The van der Waals surface area contributed by atoms with Gasteiger partial charge in [0.25, 0.3) is 5.56 Å². The number of hydrogen-bond acceptors (Lipinski definition) is 5. The van der Waals surface area contributed by atoms with Crippen LogP contribution in [0.5, 0.6) is 0 Å². The van der Waals surface area contributed by atoms with Gasteiger partial charge in [-0.25, -0.2) is 10.4 Å². The molecule has 0 bridgehead atoms. The van der Waals surface area contributed by atoms with Crippen LogP contribution in [0, 0.1) is 0 Å². The third-order valence-electron chi connectivity index (χ3n) is 7.86. The van der Waals surface area contributed by atoms with E-state index in [9.17, 15) is 4.79 Å². The van der Waals surface area contributed by atoms with E-state index in [2.05, 4.69) is 45.8 Å². The highest BCUT2D eigenvalue weighted by Crippen LogP contribution is 2.48. The SMILES string of the molecule is O=c1c2c(nc(N/N=C\c3ccncc3)n1CCc1ccccc1)-c1ccccc1CC21CCCCC1. The second-order valence-corrected chi connectivity index (χ2v) is 10.2. The maximum Gasteiger partial charge on any atom is 0.259 e. The predicted molar refractivity (Wildman–Crippen MR) is 148 cm³/mol. The molecule has 186 valence electrons. The van der Waals surface area contributed by atoms with Crippen LogP contribution in [0.1, 0.15) is 54.4 Å². The van der Waals surface area contributed by atoms with Crippen molar-refractivity contribution in [2.24, 2.45) is 5.10 Å². The Morgan fingerprint density at radius 2 is 1.70 bits per heavy atom. The summed E-state index contributed by atoms with van der Waals surface area (Å²) >= 11 is 0. The van der Waals surface area contributed by atoms with E-state index in [-0.39, 0.29) is 11.0 Å². The van der Waals surface area contributed by atoms with E-state index in [0.717, 1.165) is 60.9 Å². The highest BCUT2D eigenvalue weighted by molar-refractivity contribution is 5.79. The summed E-state index contributed by atoms with van der Waals surface area (Å²) in [6.07, 6.45) is 12.5. The van der Waals surface area contributed by atoms with E-state index in [0.29, 0.717) is 12.5 Å². The van der Waals surface area contributed by atoms with E-state index in [4.69, 9.17) is 4.98 Å². The average Bonchev–Trinajstić information content (AvgIpc) is 2.94. The van der Waals surface area contributed by atoms with Gasteiger partial charge in [-0.2, -0.15) is 5.10 Å². The first kappa shape index (κ1) is 23.3. The number of anilines is 1. The molecule has 1 N–H and O–H groups in total. The van der Waals surface area contributed by atoms with Crippen LogP contribution in [-0.2, 0) is 24.8 Å². The summed E-state index contributed by atoms with van der Waals surface area (Å²) in [6, 6.07) is 22.5. The topological polar surface area (TPSA) is 72.2 Å². The van der Waals surface area contributed by atoms with Crippen LogP contribution >= 0.6 is 0 Å². The van der Waals surface area contributed by atoms with Crippen LogP contribution in [0.4, 0.5) is 5.95 Å². The van der Waals surface area contributed by atoms with Crippen molar-refractivity contribution in [1.29, 1.82) is 0 Å². The van der Waals surface area contributed by atoms with E-state index < -0.39 is 0 Å². The molecule has 4 aromatic rings. The molecule has 0 radical (unpaired) electrons. The molecule has 0 unspecified atom stereocenters. The number of fused-ring (bicyclic) bond motifs is 4. The molecule has 6 nitrogen and oxygen atoms in total. The second-order valence-electron chi connectivity index (χ2n) is 10.2. The lowest BCUT2D eigenvalue weighted by molar-refractivity contribution is 0.283. The van der Waals surface area contributed by atoms with Crippen molar-refractivity contribution in [2.75, 3.05) is 5.43 Å². The first-order chi connectivity index (χ1) is 18.2. The van der Waals surface area contributed by atoms with Crippen LogP contribution < -0.4 is 11.0 Å². The number of rotatable bonds is 6. The van der Waals surface area contributed by atoms with Gasteiger partial charge in [0.15, 0.2) is 0 Å². The molecule has 0 saturated heterocycles. The third kappa shape index (κ3) is 4.59. The molecule has 6 heteroatoms. The molecule has 37 heavy (non-hydrogen) atoms. The first-order valence-corrected chi connectivity index (χ1v) is 13.2. The molecule has 6 rings (SSSR count). The summed E-state index contributed by atoms with van der Waals surface area (Å²) < 4.78 is 1.81. The van der Waals surface area contributed by atoms with Gasteiger partial charge in [0.2, 0.25) is 5.95 Å². The molecule has 1 fully saturated rings. The minimum absolute atomic E-state index is 0.0685. The molecule has 2 aliphatic rings. The fraction of sp³-hybridized carbons (Fsp3) is 0.290. The Hall–Kier alpha value is -4.06. The van der Waals surface area contributed by atoms with Crippen molar-refractivity contribution in [1.82, 2.24) is 14.5 Å². The van der Waals surface area contributed by atoms with Gasteiger partial charge in [-0.1, -0.05) is 73.9 Å². The van der Waals surface area contributed by atoms with Crippen molar-refractivity contribution in [3.05, 3.63) is 112 Å². The number of nitrogens with one attached hydrogen (secondary N) is 1. The Morgan fingerprint density at radius 3 is 2.51 bits per heavy atom. The standard InChI is InChI=1S/C31H31N5O/c37-29-27-28(26-12-6-5-11-25(26)21-31(27)16-7-2-8-17-31)34-30(35-33-22-24-13-18-32-19-14-24)36(29)20-15-23-9-3-1-4-10-23/h1,3-6,9-14,18-19,22H,2,7-8,15-17,20-21H2,(H,34,35)/b33-22-. The summed E-state index contributed by atoms with van der Waals surface area (Å²) in [4.78, 5) is 23.6. The van der Waals surface area contributed by atoms with E-state index in [1.54, 1.807) is 23.2 Å². The van der Waals surface area contributed by atoms with Gasteiger partial charge in [0, 0.05) is 29.9 Å². The maximum atomic E-state index is 14.4. The Balaban J connectivity index is 1.47. The molecule has 2 aromatic heterocycles. The zero-order valence-electron chi connectivity index (χ0n) is 20.9. The summed E-state index contributed by atoms with van der Waals surface area (Å²) in [6.45, 7) is 0.536. The van der Waals surface area contributed by atoms with E-state index >= 15 is 0 Å². The van der Waals surface area contributed by atoms with Crippen molar-refractivity contribution in [2.45, 2.75) is 56.9 Å². The van der Waals surface area contributed by atoms with Crippen molar-refractivity contribution >= 4 is 12.2 Å². The molecule has 2 aliphatic carbocycles. The Kier molecular flexibility index (Phi) is 6.39. The molecule has 2 heterocycles. The summed E-state index contributed by atoms with van der Waals surface area (Å²) in [5, 5.41) is 4.45. The van der Waals surface area contributed by atoms with Crippen LogP contribution in [0.25, 0.3) is 11.3 Å². The fourth-order valence-corrected chi connectivity index (χ4v) is 6.03. The van der Waals surface area contributed by atoms with Crippen molar-refractivity contribution < 1.29 is 0 Å². The molecular formula is C31H31N5O. The highest BCUT2D eigenvalue weighted by Gasteiger charge is 2.43. The normalized spacial score (nSPS) is 15.9. The number of hydrazone groups is 1. The zero-order chi connectivity index (χ0) is 25.1. The second kappa shape index (κ2) is 10.1. The van der Waals surface area contributed by atoms with Gasteiger partial charge in [-0.3, -0.25) is 14.3 Å². The van der Waals surface area contributed by atoms with Crippen molar-refractivity contribution in [3.8, 4) is 11.3 Å². The van der Waals surface area contributed by atoms with Gasteiger partial charge in [-0.05, 0) is 54.5 Å². The number of pyridine rings is 1. The first-order valence-electron chi connectivity index (χ1n) is 13.2. The molecule has 1 saturated carbocycles. The smallest absolute Gasteiger partial charge is 0.259 e. The van der Waals surface area contributed by atoms with Crippen molar-refractivity contribution in [3.63, 3.8) is 0 Å². The lowest BCUT2D eigenvalue weighted by Crippen LogP contribution is -2.43. The summed E-state index contributed by atoms with van der Waals surface area (Å²) in [7, 11) is 0. The monoisotopic (exact) mass is 489 g/mol. The lowest BCUT2D eigenvalue weighted by Gasteiger charge is -2.42. The summed E-state index contributed by atoms with van der Waals surface area (Å²) in [5.41, 5.74) is 9.24. The molecule has 0 atom stereocenters. The number of benzene rings is 2. The van der Waals surface area contributed by atoms with Gasteiger partial charge in [0.05, 0.1) is 17.5 Å². The van der Waals surface area contributed by atoms with Crippen LogP contribution in [0.3, 0.4) is 0 Å². The number of hydrogen-bond donors (Lipinski definition) is 1. The largest absolute Gasteiger partial charge is 0.277 e. The quantitative estimate of drug-likeness (QED) is 0.276. The third-order valence-corrected chi connectivity index (χ3v) is 7.86. The lowest BCUT2D eigenvalue weighted by atomic mass is 9.62. The molecule has 1 spiro atoms. The van der Waals surface area contributed by atoms with E-state index in [1.165, 1.54) is 17.5 Å².